The Kier molecular flexibility index (Phi) is 8.24. The Bertz CT molecular complexity index is 1210. The number of anilines is 2. The predicted octanol–water partition coefficient (Wildman–Crippen LogP) is 4.38. The van der Waals surface area contributed by atoms with Crippen LogP contribution in [0.25, 0.3) is 0 Å². The Morgan fingerprint density at radius 3 is 2.56 bits per heavy atom. The Labute approximate surface area is 205 Å². The fourth-order valence-corrected chi connectivity index (χ4v) is 3.91. The van der Waals surface area contributed by atoms with Crippen LogP contribution in [-0.4, -0.2) is 36.8 Å². The summed E-state index contributed by atoms with van der Waals surface area (Å²) in [5.41, 5.74) is 1.66. The number of carbonyl (C=O) groups excluding carboxylic acids is 2. The van der Waals surface area contributed by atoms with Gasteiger partial charge in [-0.05, 0) is 43.7 Å². The zero-order valence-corrected chi connectivity index (χ0v) is 20.3. The molecular weight excluding hydrogens is 480 g/mol. The van der Waals surface area contributed by atoms with Crippen LogP contribution in [0.4, 0.5) is 17.1 Å². The van der Waals surface area contributed by atoms with E-state index in [1.807, 2.05) is 0 Å². The lowest BCUT2D eigenvalue weighted by atomic mass is 10.2. The summed E-state index contributed by atoms with van der Waals surface area (Å²) in [6.45, 7) is 3.47. The van der Waals surface area contributed by atoms with E-state index in [1.54, 1.807) is 55.8 Å². The maximum Gasteiger partial charge on any atom is 0.271 e. The van der Waals surface area contributed by atoms with Crippen LogP contribution in [0, 0.1) is 17.0 Å². The number of nitrogens with one attached hydrogen (secondary N) is 2. The first-order chi connectivity index (χ1) is 16.1. The fraction of sp³-hybridized carbons (Fsp3) is 0.273. The van der Waals surface area contributed by atoms with Gasteiger partial charge in [0.15, 0.2) is 5.16 Å². The van der Waals surface area contributed by atoms with Gasteiger partial charge in [0.1, 0.15) is 5.82 Å². The molecule has 0 spiro atoms. The van der Waals surface area contributed by atoms with Gasteiger partial charge in [0.25, 0.3) is 5.69 Å². The summed E-state index contributed by atoms with van der Waals surface area (Å²) in [6, 6.07) is 11.1. The van der Waals surface area contributed by atoms with Crippen LogP contribution < -0.4 is 10.6 Å². The number of hydrogen-bond acceptors (Lipinski definition) is 7. The summed E-state index contributed by atoms with van der Waals surface area (Å²) in [5.74, 6) is 0.121. The monoisotopic (exact) mass is 502 g/mol. The molecule has 3 aromatic rings. The Morgan fingerprint density at radius 1 is 1.18 bits per heavy atom. The highest BCUT2D eigenvalue weighted by molar-refractivity contribution is 8.00. The van der Waals surface area contributed by atoms with Gasteiger partial charge in [0.2, 0.25) is 11.8 Å². The topological polar surface area (TPSA) is 132 Å². The fourth-order valence-electron chi connectivity index (χ4n) is 2.95. The van der Waals surface area contributed by atoms with E-state index >= 15 is 0 Å². The number of carbonyl (C=O) groups is 2. The normalized spacial score (nSPS) is 11.6. The number of aryl methyl sites for hydroxylation is 2. The summed E-state index contributed by atoms with van der Waals surface area (Å²) in [5, 5.41) is 25.4. The molecule has 1 heterocycles. The average Bonchev–Trinajstić information content (AvgIpc) is 3.14. The third-order valence-corrected chi connectivity index (χ3v) is 6.36. The summed E-state index contributed by atoms with van der Waals surface area (Å²) >= 11 is 7.05. The van der Waals surface area contributed by atoms with Crippen molar-refractivity contribution >= 4 is 52.2 Å². The summed E-state index contributed by atoms with van der Waals surface area (Å²) in [7, 11) is 1.77. The first-order valence-corrected chi connectivity index (χ1v) is 11.6. The minimum atomic E-state index is -0.539. The number of thioether (sulfide) groups is 1. The van der Waals surface area contributed by atoms with Crippen LogP contribution in [0.5, 0.6) is 0 Å². The molecule has 2 N–H and O–H groups in total. The second-order valence-electron chi connectivity index (χ2n) is 7.52. The quantitative estimate of drug-likeness (QED) is 0.252. The maximum atomic E-state index is 12.7. The van der Waals surface area contributed by atoms with Crippen molar-refractivity contribution in [3.63, 3.8) is 0 Å². The lowest BCUT2D eigenvalue weighted by molar-refractivity contribution is -0.384. The third-order valence-electron chi connectivity index (χ3n) is 4.97. The largest absolute Gasteiger partial charge is 0.326 e. The second kappa shape index (κ2) is 11.1. The highest BCUT2D eigenvalue weighted by Gasteiger charge is 2.20. The van der Waals surface area contributed by atoms with Crippen LogP contribution in [0.3, 0.4) is 0 Å². The van der Waals surface area contributed by atoms with Gasteiger partial charge in [-0.1, -0.05) is 29.4 Å². The number of rotatable bonds is 9. The molecular formula is C22H23ClN6O4S. The lowest BCUT2D eigenvalue weighted by Gasteiger charge is -2.13. The van der Waals surface area contributed by atoms with E-state index in [4.69, 9.17) is 11.6 Å². The lowest BCUT2D eigenvalue weighted by Crippen LogP contribution is -2.23. The first-order valence-electron chi connectivity index (χ1n) is 10.3. The zero-order chi connectivity index (χ0) is 24.8. The summed E-state index contributed by atoms with van der Waals surface area (Å²) < 4.78 is 1.74. The van der Waals surface area contributed by atoms with Crippen molar-refractivity contribution in [2.75, 3.05) is 10.6 Å². The Balaban J connectivity index is 1.56. The molecule has 0 aliphatic rings. The molecule has 2 aromatic carbocycles. The van der Waals surface area contributed by atoms with E-state index in [2.05, 4.69) is 20.8 Å². The van der Waals surface area contributed by atoms with Crippen molar-refractivity contribution in [3.05, 3.63) is 69.0 Å². The van der Waals surface area contributed by atoms with Gasteiger partial charge in [-0.15, -0.1) is 10.2 Å². The Hall–Kier alpha value is -3.44. The van der Waals surface area contributed by atoms with Gasteiger partial charge >= 0.3 is 0 Å². The number of non-ortho nitro benzene ring substituents is 1. The number of aromatic nitrogens is 3. The first kappa shape index (κ1) is 25.2. The molecule has 0 bridgehead atoms. The van der Waals surface area contributed by atoms with Crippen molar-refractivity contribution in [2.24, 2.45) is 7.05 Å². The number of amides is 2. The van der Waals surface area contributed by atoms with Crippen molar-refractivity contribution in [3.8, 4) is 0 Å². The van der Waals surface area contributed by atoms with Gasteiger partial charge in [0, 0.05) is 42.7 Å². The summed E-state index contributed by atoms with van der Waals surface area (Å²) in [4.78, 5) is 35.4. The maximum absolute atomic E-state index is 12.7. The van der Waals surface area contributed by atoms with Crippen molar-refractivity contribution in [1.29, 1.82) is 0 Å². The van der Waals surface area contributed by atoms with Gasteiger partial charge in [0.05, 0.1) is 15.9 Å². The van der Waals surface area contributed by atoms with Crippen molar-refractivity contribution in [2.45, 2.75) is 37.1 Å². The predicted molar refractivity (Wildman–Crippen MR) is 131 cm³/mol. The van der Waals surface area contributed by atoms with E-state index < -0.39 is 10.2 Å². The van der Waals surface area contributed by atoms with E-state index in [-0.39, 0.29) is 23.9 Å². The van der Waals surface area contributed by atoms with Crippen molar-refractivity contribution < 1.29 is 14.5 Å². The molecule has 2 amide bonds. The van der Waals surface area contributed by atoms with Crippen LogP contribution >= 0.6 is 23.4 Å². The number of benzene rings is 2. The summed E-state index contributed by atoms with van der Waals surface area (Å²) in [6.07, 6.45) is 0.582. The minimum absolute atomic E-state index is 0.0979. The molecule has 1 unspecified atom stereocenters. The van der Waals surface area contributed by atoms with Crippen LogP contribution in [-0.2, 0) is 23.1 Å². The highest BCUT2D eigenvalue weighted by Crippen LogP contribution is 2.26. The molecule has 0 saturated carbocycles. The van der Waals surface area contributed by atoms with E-state index in [1.165, 1.54) is 23.9 Å². The molecule has 12 heteroatoms. The number of nitro benzene ring substituents is 1. The van der Waals surface area contributed by atoms with Gasteiger partial charge < -0.3 is 15.2 Å². The molecule has 0 saturated heterocycles. The molecule has 0 aliphatic heterocycles. The number of nitro groups is 1. The molecule has 0 radical (unpaired) electrons. The van der Waals surface area contributed by atoms with E-state index in [9.17, 15) is 19.7 Å². The van der Waals surface area contributed by atoms with Gasteiger partial charge in [-0.2, -0.15) is 0 Å². The zero-order valence-electron chi connectivity index (χ0n) is 18.7. The van der Waals surface area contributed by atoms with Gasteiger partial charge in [-0.3, -0.25) is 19.7 Å². The molecule has 0 fully saturated rings. The molecule has 1 aromatic heterocycles. The molecule has 34 heavy (non-hydrogen) atoms. The number of halogens is 1. The standard InChI is InChI=1S/C22H23ClN6O4S/c1-13-4-9-17(29(32)33)12-18(13)25-21(31)14(2)34-22-27-26-19(28(22)3)10-11-20(30)24-16-7-5-15(23)6-8-16/h4-9,12,14H,10-11H2,1-3H3,(H,24,30)(H,25,31). The number of nitrogens with zero attached hydrogens (tertiary/aromatic N) is 4. The SMILES string of the molecule is Cc1ccc([N+](=O)[O-])cc1NC(=O)C(C)Sc1nnc(CCC(=O)Nc2ccc(Cl)cc2)n1C. The Morgan fingerprint density at radius 2 is 1.88 bits per heavy atom. The molecule has 178 valence electrons. The number of hydrogen-bond donors (Lipinski definition) is 2. The van der Waals surface area contributed by atoms with Crippen LogP contribution in [0.2, 0.25) is 5.02 Å². The van der Waals surface area contributed by atoms with E-state index in [0.29, 0.717) is 39.4 Å². The molecule has 10 nitrogen and oxygen atoms in total. The van der Waals surface area contributed by atoms with Crippen LogP contribution in [0.15, 0.2) is 47.6 Å². The van der Waals surface area contributed by atoms with E-state index in [0.717, 1.165) is 0 Å². The molecule has 3 rings (SSSR count). The third kappa shape index (κ3) is 6.55. The highest BCUT2D eigenvalue weighted by atomic mass is 35.5. The second-order valence-corrected chi connectivity index (χ2v) is 9.26. The minimum Gasteiger partial charge on any atom is -0.326 e. The smallest absolute Gasteiger partial charge is 0.271 e. The average molecular weight is 503 g/mol. The van der Waals surface area contributed by atoms with Crippen LogP contribution in [0.1, 0.15) is 24.7 Å². The van der Waals surface area contributed by atoms with Crippen molar-refractivity contribution in [1.82, 2.24) is 14.8 Å². The molecule has 0 aliphatic carbocycles. The molecule has 1 atom stereocenters. The van der Waals surface area contributed by atoms with Gasteiger partial charge in [-0.25, -0.2) is 0 Å².